The molecule has 0 radical (unpaired) electrons. The Labute approximate surface area is 162 Å². The lowest BCUT2D eigenvalue weighted by Crippen LogP contribution is -2.20. The number of nitrogens with one attached hydrogen (secondary N) is 1. The highest BCUT2D eigenvalue weighted by Crippen LogP contribution is 2.21. The Morgan fingerprint density at radius 2 is 1.89 bits per heavy atom. The van der Waals surface area contributed by atoms with E-state index in [9.17, 15) is 14.4 Å². The number of benzene rings is 2. The van der Waals surface area contributed by atoms with Gasteiger partial charge in [-0.1, -0.05) is 35.9 Å². The van der Waals surface area contributed by atoms with Gasteiger partial charge in [0, 0.05) is 35.1 Å². The molecule has 6 nitrogen and oxygen atoms in total. The lowest BCUT2D eigenvalue weighted by molar-refractivity contribution is -0.137. The SMILES string of the molecule is CN(/C=C\c1c(C=O)cccc1NC(=O)Cc1ccc(Cl)cc1)CC(=O)O. The van der Waals surface area contributed by atoms with Crippen molar-refractivity contribution in [2.75, 3.05) is 18.9 Å². The van der Waals surface area contributed by atoms with Gasteiger partial charge in [-0.25, -0.2) is 0 Å². The molecule has 0 aliphatic carbocycles. The van der Waals surface area contributed by atoms with Gasteiger partial charge in [-0.15, -0.1) is 0 Å². The number of carbonyl (C=O) groups excluding carboxylic acids is 2. The van der Waals surface area contributed by atoms with Gasteiger partial charge in [0.1, 0.15) is 6.54 Å². The third kappa shape index (κ3) is 6.27. The topological polar surface area (TPSA) is 86.7 Å². The van der Waals surface area contributed by atoms with Crippen LogP contribution in [-0.2, 0) is 16.0 Å². The lowest BCUT2D eigenvalue weighted by Gasteiger charge is -2.13. The third-order valence-corrected chi connectivity index (χ3v) is 3.95. The fraction of sp³-hybridized carbons (Fsp3) is 0.150. The number of aldehydes is 1. The van der Waals surface area contributed by atoms with E-state index in [1.807, 2.05) is 0 Å². The second kappa shape index (κ2) is 9.54. The van der Waals surface area contributed by atoms with Crippen molar-refractivity contribution in [1.82, 2.24) is 4.90 Å². The number of hydrogen-bond acceptors (Lipinski definition) is 4. The molecule has 0 atom stereocenters. The normalized spacial score (nSPS) is 10.6. The highest BCUT2D eigenvalue weighted by atomic mass is 35.5. The summed E-state index contributed by atoms with van der Waals surface area (Å²) in [5, 5.41) is 12.2. The number of halogens is 1. The highest BCUT2D eigenvalue weighted by molar-refractivity contribution is 6.30. The summed E-state index contributed by atoms with van der Waals surface area (Å²) >= 11 is 5.84. The van der Waals surface area contributed by atoms with E-state index < -0.39 is 5.97 Å². The summed E-state index contributed by atoms with van der Waals surface area (Å²) < 4.78 is 0. The molecule has 0 fully saturated rings. The Hall–Kier alpha value is -3.12. The summed E-state index contributed by atoms with van der Waals surface area (Å²) in [7, 11) is 1.60. The first-order valence-electron chi connectivity index (χ1n) is 8.11. The van der Waals surface area contributed by atoms with E-state index in [1.54, 1.807) is 61.8 Å². The Kier molecular flexibility index (Phi) is 7.14. The number of anilines is 1. The molecule has 7 heteroatoms. The van der Waals surface area contributed by atoms with Gasteiger partial charge in [-0.05, 0) is 29.8 Å². The van der Waals surface area contributed by atoms with Crippen molar-refractivity contribution in [2.24, 2.45) is 0 Å². The van der Waals surface area contributed by atoms with Crippen molar-refractivity contribution in [2.45, 2.75) is 6.42 Å². The number of hydrogen-bond donors (Lipinski definition) is 2. The second-order valence-electron chi connectivity index (χ2n) is 5.90. The molecule has 140 valence electrons. The summed E-state index contributed by atoms with van der Waals surface area (Å²) in [6.07, 6.45) is 3.99. The van der Waals surface area contributed by atoms with Crippen LogP contribution in [0.2, 0.25) is 5.02 Å². The number of aliphatic carboxylic acids is 1. The average Bonchev–Trinajstić information content (AvgIpc) is 2.61. The van der Waals surface area contributed by atoms with Gasteiger partial charge >= 0.3 is 5.97 Å². The fourth-order valence-corrected chi connectivity index (χ4v) is 2.56. The first-order chi connectivity index (χ1) is 12.9. The van der Waals surface area contributed by atoms with Crippen LogP contribution in [0.25, 0.3) is 6.08 Å². The summed E-state index contributed by atoms with van der Waals surface area (Å²) in [4.78, 5) is 35.9. The number of carbonyl (C=O) groups is 3. The van der Waals surface area contributed by atoms with Crippen LogP contribution in [0.4, 0.5) is 5.69 Å². The quantitative estimate of drug-likeness (QED) is 0.679. The first-order valence-corrected chi connectivity index (χ1v) is 8.49. The van der Waals surface area contributed by atoms with Gasteiger partial charge < -0.3 is 15.3 Å². The monoisotopic (exact) mass is 386 g/mol. The molecule has 0 aliphatic rings. The van der Waals surface area contributed by atoms with E-state index >= 15 is 0 Å². The highest BCUT2D eigenvalue weighted by Gasteiger charge is 2.10. The molecule has 0 unspecified atom stereocenters. The van der Waals surface area contributed by atoms with Crippen molar-refractivity contribution >= 4 is 41.5 Å². The summed E-state index contributed by atoms with van der Waals surface area (Å²) in [6, 6.07) is 11.9. The van der Waals surface area contributed by atoms with Crippen molar-refractivity contribution in [3.8, 4) is 0 Å². The van der Waals surface area contributed by atoms with Crippen LogP contribution in [0.1, 0.15) is 21.5 Å². The molecule has 0 bridgehead atoms. The van der Waals surface area contributed by atoms with Crippen molar-refractivity contribution in [3.05, 3.63) is 70.4 Å². The van der Waals surface area contributed by atoms with Gasteiger partial charge in [0.2, 0.25) is 5.91 Å². The van der Waals surface area contributed by atoms with Gasteiger partial charge in [0.05, 0.1) is 6.42 Å². The van der Waals surface area contributed by atoms with Crippen molar-refractivity contribution in [1.29, 1.82) is 0 Å². The van der Waals surface area contributed by atoms with Crippen molar-refractivity contribution < 1.29 is 19.5 Å². The predicted octanol–water partition coefficient (Wildman–Crippen LogP) is 3.32. The first kappa shape index (κ1) is 20.2. The number of likely N-dealkylation sites (N-methyl/N-ethyl adjacent to an activating group) is 1. The van der Waals surface area contributed by atoms with Gasteiger partial charge in [-0.2, -0.15) is 0 Å². The summed E-state index contributed by atoms with van der Waals surface area (Å²) in [6.45, 7) is -0.183. The zero-order valence-corrected chi connectivity index (χ0v) is 15.4. The van der Waals surface area contributed by atoms with E-state index in [1.165, 1.54) is 4.90 Å². The zero-order chi connectivity index (χ0) is 19.8. The minimum absolute atomic E-state index is 0.157. The molecule has 0 saturated heterocycles. The maximum Gasteiger partial charge on any atom is 0.323 e. The lowest BCUT2D eigenvalue weighted by atomic mass is 10.1. The molecule has 0 saturated carbocycles. The molecule has 27 heavy (non-hydrogen) atoms. The Morgan fingerprint density at radius 1 is 1.19 bits per heavy atom. The van der Waals surface area contributed by atoms with Crippen LogP contribution in [0.15, 0.2) is 48.7 Å². The van der Waals surface area contributed by atoms with E-state index in [2.05, 4.69) is 5.32 Å². The van der Waals surface area contributed by atoms with Crippen LogP contribution in [0, 0.1) is 0 Å². The van der Waals surface area contributed by atoms with E-state index in [0.29, 0.717) is 28.1 Å². The smallest absolute Gasteiger partial charge is 0.323 e. The number of carboxylic acids is 1. The zero-order valence-electron chi connectivity index (χ0n) is 14.7. The van der Waals surface area contributed by atoms with E-state index in [-0.39, 0.29) is 18.9 Å². The van der Waals surface area contributed by atoms with Crippen LogP contribution in [0.5, 0.6) is 0 Å². The Bertz CT molecular complexity index is 863. The molecule has 0 aromatic heterocycles. The van der Waals surface area contributed by atoms with Crippen LogP contribution < -0.4 is 5.32 Å². The minimum Gasteiger partial charge on any atom is -0.480 e. The molecular weight excluding hydrogens is 368 g/mol. The van der Waals surface area contributed by atoms with Crippen LogP contribution in [0.3, 0.4) is 0 Å². The molecule has 2 rings (SSSR count). The maximum absolute atomic E-state index is 12.4. The third-order valence-electron chi connectivity index (χ3n) is 3.70. The molecular formula is C20H19ClN2O4. The minimum atomic E-state index is -0.970. The number of carboxylic acid groups (broad SMARTS) is 1. The molecule has 0 heterocycles. The molecule has 2 aromatic carbocycles. The standard InChI is InChI=1S/C20H19ClN2O4/c1-23(12-20(26)27)10-9-17-15(13-24)3-2-4-18(17)22-19(25)11-14-5-7-16(21)8-6-14/h2-10,13H,11-12H2,1H3,(H,22,25)(H,26,27)/b10-9-. The van der Waals surface area contributed by atoms with E-state index in [0.717, 1.165) is 5.56 Å². The summed E-state index contributed by atoms with van der Waals surface area (Å²) in [5.74, 6) is -1.21. The largest absolute Gasteiger partial charge is 0.480 e. The molecule has 2 aromatic rings. The molecule has 0 aliphatic heterocycles. The predicted molar refractivity (Wildman–Crippen MR) is 105 cm³/mol. The van der Waals surface area contributed by atoms with Gasteiger partial charge in [0.25, 0.3) is 0 Å². The van der Waals surface area contributed by atoms with Crippen LogP contribution in [-0.4, -0.2) is 41.8 Å². The number of amides is 1. The maximum atomic E-state index is 12.4. The second-order valence-corrected chi connectivity index (χ2v) is 6.34. The summed E-state index contributed by atoms with van der Waals surface area (Å²) in [5.41, 5.74) is 2.17. The average molecular weight is 387 g/mol. The van der Waals surface area contributed by atoms with Crippen LogP contribution >= 0.6 is 11.6 Å². The number of nitrogens with zero attached hydrogens (tertiary/aromatic N) is 1. The van der Waals surface area contributed by atoms with Crippen molar-refractivity contribution in [3.63, 3.8) is 0 Å². The van der Waals surface area contributed by atoms with Gasteiger partial charge in [-0.3, -0.25) is 14.4 Å². The Morgan fingerprint density at radius 3 is 2.52 bits per heavy atom. The Balaban J connectivity index is 2.19. The number of rotatable bonds is 8. The van der Waals surface area contributed by atoms with Gasteiger partial charge in [0.15, 0.2) is 6.29 Å². The fourth-order valence-electron chi connectivity index (χ4n) is 2.43. The van der Waals surface area contributed by atoms with E-state index in [4.69, 9.17) is 16.7 Å². The molecule has 1 amide bonds. The molecule has 2 N–H and O–H groups in total. The molecule has 0 spiro atoms.